The second kappa shape index (κ2) is 7.37. The van der Waals surface area contributed by atoms with Gasteiger partial charge in [-0.25, -0.2) is 0 Å². The lowest BCUT2D eigenvalue weighted by molar-refractivity contribution is 0.308. The summed E-state index contributed by atoms with van der Waals surface area (Å²) in [4.78, 5) is 0. The molecule has 1 aromatic rings. The monoisotopic (exact) mass is 258 g/mol. The van der Waals surface area contributed by atoms with Crippen LogP contribution in [0.1, 0.15) is 56.9 Å². The predicted octanol–water partition coefficient (Wildman–Crippen LogP) is 5.33. The quantitative estimate of drug-likeness (QED) is 0.627. The molecule has 1 aromatic carbocycles. The van der Waals surface area contributed by atoms with Crippen molar-refractivity contribution in [2.24, 2.45) is 5.92 Å². The summed E-state index contributed by atoms with van der Waals surface area (Å²) in [7, 11) is 0. The first-order valence-corrected chi connectivity index (χ1v) is 7.67. The molecule has 1 aliphatic rings. The molecule has 0 radical (unpaired) electrons. The van der Waals surface area contributed by atoms with E-state index in [-0.39, 0.29) is 0 Å². The highest BCUT2D eigenvalue weighted by molar-refractivity contribution is 5.29. The first kappa shape index (κ1) is 14.2. The first-order chi connectivity index (χ1) is 9.33. The van der Waals surface area contributed by atoms with Crippen molar-refractivity contribution in [3.05, 3.63) is 42.5 Å². The van der Waals surface area contributed by atoms with Crippen LogP contribution in [0.15, 0.2) is 36.9 Å². The van der Waals surface area contributed by atoms with E-state index in [0.717, 1.165) is 17.6 Å². The highest BCUT2D eigenvalue weighted by Gasteiger charge is 2.21. The van der Waals surface area contributed by atoms with E-state index < -0.39 is 0 Å². The molecule has 0 aromatic heterocycles. The standard InChI is InChI=1S/C18H26O/c1-3-5-15-6-8-16(9-7-15)17-10-12-18(13-11-17)19-14-4-2/h4,10-13,15-16H,2-3,5-9,14H2,1H3/t15-,16-. The van der Waals surface area contributed by atoms with Crippen LogP contribution in [0.25, 0.3) is 0 Å². The smallest absolute Gasteiger partial charge is 0.119 e. The van der Waals surface area contributed by atoms with E-state index in [4.69, 9.17) is 4.74 Å². The number of hydrogen-bond acceptors (Lipinski definition) is 1. The Morgan fingerprint density at radius 2 is 1.84 bits per heavy atom. The Hall–Kier alpha value is -1.24. The van der Waals surface area contributed by atoms with Crippen molar-refractivity contribution in [2.45, 2.75) is 51.4 Å². The van der Waals surface area contributed by atoms with Crippen LogP contribution >= 0.6 is 0 Å². The molecule has 0 bridgehead atoms. The van der Waals surface area contributed by atoms with Gasteiger partial charge in [0.05, 0.1) is 0 Å². The second-order valence-corrected chi connectivity index (χ2v) is 5.68. The zero-order chi connectivity index (χ0) is 13.5. The molecule has 0 unspecified atom stereocenters. The fraction of sp³-hybridized carbons (Fsp3) is 0.556. The molecule has 2 rings (SSSR count). The van der Waals surface area contributed by atoms with Crippen LogP contribution in [0, 0.1) is 5.92 Å². The Bertz CT molecular complexity index is 371. The summed E-state index contributed by atoms with van der Waals surface area (Å²) in [5, 5.41) is 0. The van der Waals surface area contributed by atoms with Gasteiger partial charge in [0.2, 0.25) is 0 Å². The van der Waals surface area contributed by atoms with Gasteiger partial charge < -0.3 is 4.74 Å². The van der Waals surface area contributed by atoms with Gasteiger partial charge in [-0.15, -0.1) is 0 Å². The molecule has 1 saturated carbocycles. The van der Waals surface area contributed by atoms with Crippen LogP contribution in [-0.2, 0) is 0 Å². The largest absolute Gasteiger partial charge is 0.490 e. The average molecular weight is 258 g/mol. The Morgan fingerprint density at radius 3 is 2.42 bits per heavy atom. The van der Waals surface area contributed by atoms with Crippen molar-refractivity contribution >= 4 is 0 Å². The lowest BCUT2D eigenvalue weighted by atomic mass is 9.77. The van der Waals surface area contributed by atoms with E-state index in [1.165, 1.54) is 44.1 Å². The summed E-state index contributed by atoms with van der Waals surface area (Å²) in [6, 6.07) is 8.67. The third-order valence-corrected chi connectivity index (χ3v) is 4.26. The molecule has 1 nitrogen and oxygen atoms in total. The zero-order valence-electron chi connectivity index (χ0n) is 12.1. The molecule has 0 N–H and O–H groups in total. The topological polar surface area (TPSA) is 9.23 Å². The van der Waals surface area contributed by atoms with Crippen LogP contribution < -0.4 is 4.74 Å². The molecular formula is C18H26O. The van der Waals surface area contributed by atoms with E-state index in [1.54, 1.807) is 6.08 Å². The second-order valence-electron chi connectivity index (χ2n) is 5.68. The fourth-order valence-electron chi connectivity index (χ4n) is 3.18. The summed E-state index contributed by atoms with van der Waals surface area (Å²) < 4.78 is 5.53. The normalized spacial score (nSPS) is 23.0. The van der Waals surface area contributed by atoms with Gasteiger partial charge >= 0.3 is 0 Å². The van der Waals surface area contributed by atoms with Crippen LogP contribution in [0.3, 0.4) is 0 Å². The number of ether oxygens (including phenoxy) is 1. The lowest BCUT2D eigenvalue weighted by Gasteiger charge is -2.28. The molecule has 1 heteroatoms. The van der Waals surface area contributed by atoms with Gasteiger partial charge in [-0.05, 0) is 55.2 Å². The summed E-state index contributed by atoms with van der Waals surface area (Å²) in [6.45, 7) is 6.55. The molecule has 19 heavy (non-hydrogen) atoms. The summed E-state index contributed by atoms with van der Waals surface area (Å²) in [5.41, 5.74) is 1.49. The van der Waals surface area contributed by atoms with Gasteiger partial charge in [-0.3, -0.25) is 0 Å². The highest BCUT2D eigenvalue weighted by Crippen LogP contribution is 2.37. The molecule has 0 aliphatic heterocycles. The Labute approximate surface area is 117 Å². The molecule has 0 atom stereocenters. The molecular weight excluding hydrogens is 232 g/mol. The van der Waals surface area contributed by atoms with Gasteiger partial charge in [0.25, 0.3) is 0 Å². The van der Waals surface area contributed by atoms with Crippen molar-refractivity contribution in [3.8, 4) is 5.75 Å². The molecule has 0 heterocycles. The number of rotatable bonds is 6. The minimum absolute atomic E-state index is 0.585. The minimum atomic E-state index is 0.585. The van der Waals surface area contributed by atoms with Crippen LogP contribution in [-0.4, -0.2) is 6.61 Å². The van der Waals surface area contributed by atoms with Gasteiger partial charge in [0.1, 0.15) is 12.4 Å². The van der Waals surface area contributed by atoms with Gasteiger partial charge in [0, 0.05) is 0 Å². The highest BCUT2D eigenvalue weighted by atomic mass is 16.5. The first-order valence-electron chi connectivity index (χ1n) is 7.67. The maximum atomic E-state index is 5.53. The molecule has 1 aliphatic carbocycles. The van der Waals surface area contributed by atoms with Crippen LogP contribution in [0.4, 0.5) is 0 Å². The van der Waals surface area contributed by atoms with Gasteiger partial charge in [-0.1, -0.05) is 44.6 Å². The Balaban J connectivity index is 1.87. The average Bonchev–Trinajstić information content (AvgIpc) is 2.47. The van der Waals surface area contributed by atoms with E-state index >= 15 is 0 Å². The van der Waals surface area contributed by atoms with E-state index in [0.29, 0.717) is 6.61 Å². The molecule has 104 valence electrons. The number of benzene rings is 1. The third-order valence-electron chi connectivity index (χ3n) is 4.26. The zero-order valence-corrected chi connectivity index (χ0v) is 12.1. The Kier molecular flexibility index (Phi) is 5.50. The minimum Gasteiger partial charge on any atom is -0.490 e. The van der Waals surface area contributed by atoms with Crippen molar-refractivity contribution < 1.29 is 4.74 Å². The van der Waals surface area contributed by atoms with E-state index in [9.17, 15) is 0 Å². The van der Waals surface area contributed by atoms with Crippen molar-refractivity contribution in [1.29, 1.82) is 0 Å². The van der Waals surface area contributed by atoms with E-state index in [1.807, 2.05) is 0 Å². The fourth-order valence-corrected chi connectivity index (χ4v) is 3.18. The van der Waals surface area contributed by atoms with Crippen LogP contribution in [0.2, 0.25) is 0 Å². The van der Waals surface area contributed by atoms with Crippen molar-refractivity contribution in [1.82, 2.24) is 0 Å². The van der Waals surface area contributed by atoms with Crippen molar-refractivity contribution in [3.63, 3.8) is 0 Å². The van der Waals surface area contributed by atoms with Crippen molar-refractivity contribution in [2.75, 3.05) is 6.61 Å². The lowest BCUT2D eigenvalue weighted by Crippen LogP contribution is -2.13. The van der Waals surface area contributed by atoms with Crippen LogP contribution in [0.5, 0.6) is 5.75 Å². The molecule has 0 saturated heterocycles. The third kappa shape index (κ3) is 4.12. The molecule has 1 fully saturated rings. The number of hydrogen-bond donors (Lipinski definition) is 0. The maximum Gasteiger partial charge on any atom is 0.119 e. The summed E-state index contributed by atoms with van der Waals surface area (Å²) in [5.74, 6) is 2.70. The summed E-state index contributed by atoms with van der Waals surface area (Å²) >= 11 is 0. The predicted molar refractivity (Wildman–Crippen MR) is 81.7 cm³/mol. The van der Waals surface area contributed by atoms with Gasteiger partial charge in [0.15, 0.2) is 0 Å². The maximum absolute atomic E-state index is 5.53. The summed E-state index contributed by atoms with van der Waals surface area (Å²) in [6.07, 6.45) is 10.1. The Morgan fingerprint density at radius 1 is 1.16 bits per heavy atom. The van der Waals surface area contributed by atoms with Gasteiger partial charge in [-0.2, -0.15) is 0 Å². The molecule has 0 amide bonds. The molecule has 0 spiro atoms. The SMILES string of the molecule is C=CCOc1ccc([C@H]2CC[C@H](CCC)CC2)cc1. The van der Waals surface area contributed by atoms with E-state index in [2.05, 4.69) is 37.8 Å².